The zero-order valence-electron chi connectivity index (χ0n) is 13.7. The second-order valence-corrected chi connectivity index (χ2v) is 5.31. The van der Waals surface area contributed by atoms with E-state index in [1.807, 2.05) is 36.4 Å². The molecule has 0 bridgehead atoms. The number of para-hydroxylation sites is 1. The minimum absolute atomic E-state index is 0.264. The summed E-state index contributed by atoms with van der Waals surface area (Å²) in [5, 5.41) is 3.75. The summed E-state index contributed by atoms with van der Waals surface area (Å²) in [6, 6.07) is 16.7. The van der Waals surface area contributed by atoms with Crippen molar-refractivity contribution in [3.8, 4) is 0 Å². The SMILES string of the molecule is CC(=N\c1ccccn1)/C(=C\N)C(=O)Nc1ccc2ccccc2n1. The number of hydrogen-bond donors (Lipinski definition) is 2. The predicted molar refractivity (Wildman–Crippen MR) is 99.6 cm³/mol. The molecule has 3 rings (SSSR count). The molecule has 0 radical (unpaired) electrons. The maximum atomic E-state index is 12.5. The smallest absolute Gasteiger partial charge is 0.260 e. The van der Waals surface area contributed by atoms with Gasteiger partial charge in [0.1, 0.15) is 5.82 Å². The normalized spacial score (nSPS) is 12.2. The summed E-state index contributed by atoms with van der Waals surface area (Å²) in [5.41, 5.74) is 7.17. The first-order valence-electron chi connectivity index (χ1n) is 7.73. The molecule has 0 saturated carbocycles. The van der Waals surface area contributed by atoms with Crippen LogP contribution in [0.3, 0.4) is 0 Å². The van der Waals surface area contributed by atoms with Gasteiger partial charge in [-0.25, -0.2) is 15.0 Å². The van der Waals surface area contributed by atoms with Crippen molar-refractivity contribution in [2.45, 2.75) is 6.92 Å². The van der Waals surface area contributed by atoms with Crippen molar-refractivity contribution in [3.05, 3.63) is 72.6 Å². The Balaban J connectivity index is 1.81. The zero-order chi connectivity index (χ0) is 17.6. The summed E-state index contributed by atoms with van der Waals surface area (Å²) >= 11 is 0. The molecular formula is C19H17N5O. The Labute approximate surface area is 145 Å². The van der Waals surface area contributed by atoms with E-state index >= 15 is 0 Å². The molecular weight excluding hydrogens is 314 g/mol. The molecule has 0 fully saturated rings. The molecule has 1 amide bonds. The van der Waals surface area contributed by atoms with Gasteiger partial charge in [0.05, 0.1) is 16.8 Å². The predicted octanol–water partition coefficient (Wildman–Crippen LogP) is 3.20. The van der Waals surface area contributed by atoms with Gasteiger partial charge in [-0.05, 0) is 37.3 Å². The van der Waals surface area contributed by atoms with E-state index in [4.69, 9.17) is 5.73 Å². The Morgan fingerprint density at radius 3 is 2.68 bits per heavy atom. The number of pyridine rings is 2. The Kier molecular flexibility index (Phi) is 4.80. The quantitative estimate of drug-likeness (QED) is 0.567. The number of amides is 1. The average Bonchev–Trinajstić information content (AvgIpc) is 2.63. The van der Waals surface area contributed by atoms with Gasteiger partial charge in [0.25, 0.3) is 5.91 Å². The maximum Gasteiger partial charge on any atom is 0.260 e. The molecule has 6 heteroatoms. The fraction of sp³-hybridized carbons (Fsp3) is 0.0526. The molecule has 6 nitrogen and oxygen atoms in total. The van der Waals surface area contributed by atoms with E-state index in [-0.39, 0.29) is 11.5 Å². The topological polar surface area (TPSA) is 93.3 Å². The van der Waals surface area contributed by atoms with Crippen molar-refractivity contribution >= 4 is 34.2 Å². The second-order valence-electron chi connectivity index (χ2n) is 5.31. The highest BCUT2D eigenvalue weighted by atomic mass is 16.1. The molecule has 2 heterocycles. The molecule has 1 aromatic carbocycles. The number of fused-ring (bicyclic) bond motifs is 1. The number of hydrogen-bond acceptors (Lipinski definition) is 5. The van der Waals surface area contributed by atoms with Crippen LogP contribution < -0.4 is 11.1 Å². The number of aromatic nitrogens is 2. The van der Waals surface area contributed by atoms with Gasteiger partial charge >= 0.3 is 0 Å². The van der Waals surface area contributed by atoms with Gasteiger partial charge in [0, 0.05) is 17.8 Å². The van der Waals surface area contributed by atoms with Crippen LogP contribution in [0.1, 0.15) is 6.92 Å². The highest BCUT2D eigenvalue weighted by Gasteiger charge is 2.14. The van der Waals surface area contributed by atoms with Gasteiger partial charge in [-0.15, -0.1) is 0 Å². The van der Waals surface area contributed by atoms with E-state index in [1.165, 1.54) is 6.20 Å². The summed E-state index contributed by atoms with van der Waals surface area (Å²) in [6.07, 6.45) is 2.87. The lowest BCUT2D eigenvalue weighted by molar-refractivity contribution is -0.112. The number of rotatable bonds is 4. The zero-order valence-corrected chi connectivity index (χ0v) is 13.7. The minimum Gasteiger partial charge on any atom is -0.404 e. The number of carbonyl (C=O) groups excluding carboxylic acids is 1. The molecule has 0 spiro atoms. The summed E-state index contributed by atoms with van der Waals surface area (Å²) in [6.45, 7) is 1.71. The van der Waals surface area contributed by atoms with Crippen LogP contribution in [0.15, 0.2) is 77.6 Å². The van der Waals surface area contributed by atoms with Crippen molar-refractivity contribution in [1.29, 1.82) is 0 Å². The van der Waals surface area contributed by atoms with Gasteiger partial charge in [-0.3, -0.25) is 4.79 Å². The molecule has 0 aliphatic heterocycles. The van der Waals surface area contributed by atoms with Crippen molar-refractivity contribution in [2.75, 3.05) is 5.32 Å². The Bertz CT molecular complexity index is 964. The van der Waals surface area contributed by atoms with E-state index in [2.05, 4.69) is 20.3 Å². The third-order valence-electron chi connectivity index (χ3n) is 3.57. The Hall–Kier alpha value is -3.54. The van der Waals surface area contributed by atoms with Crippen LogP contribution in [0.4, 0.5) is 11.6 Å². The molecule has 3 N–H and O–H groups in total. The number of aliphatic imine (C=N–C) groups is 1. The van der Waals surface area contributed by atoms with E-state index in [9.17, 15) is 4.79 Å². The van der Waals surface area contributed by atoms with Gasteiger partial charge < -0.3 is 11.1 Å². The van der Waals surface area contributed by atoms with Crippen LogP contribution >= 0.6 is 0 Å². The van der Waals surface area contributed by atoms with Crippen LogP contribution in [0.2, 0.25) is 0 Å². The van der Waals surface area contributed by atoms with E-state index < -0.39 is 0 Å². The van der Waals surface area contributed by atoms with Crippen molar-refractivity contribution < 1.29 is 4.79 Å². The third-order valence-corrected chi connectivity index (χ3v) is 3.57. The fourth-order valence-electron chi connectivity index (χ4n) is 2.33. The van der Waals surface area contributed by atoms with Crippen LogP contribution in [-0.4, -0.2) is 21.6 Å². The summed E-state index contributed by atoms with van der Waals surface area (Å²) < 4.78 is 0. The molecule has 2 aromatic heterocycles. The monoisotopic (exact) mass is 331 g/mol. The minimum atomic E-state index is -0.373. The molecule has 0 aliphatic rings. The lowest BCUT2D eigenvalue weighted by Gasteiger charge is -2.08. The Morgan fingerprint density at radius 2 is 1.92 bits per heavy atom. The third kappa shape index (κ3) is 3.87. The summed E-state index contributed by atoms with van der Waals surface area (Å²) in [5.74, 6) is 0.590. The molecule has 25 heavy (non-hydrogen) atoms. The van der Waals surface area contributed by atoms with Crippen LogP contribution in [0.25, 0.3) is 10.9 Å². The fourth-order valence-corrected chi connectivity index (χ4v) is 2.33. The van der Waals surface area contributed by atoms with Crippen molar-refractivity contribution in [1.82, 2.24) is 9.97 Å². The first kappa shape index (κ1) is 16.3. The van der Waals surface area contributed by atoms with E-state index in [1.54, 1.807) is 31.3 Å². The summed E-state index contributed by atoms with van der Waals surface area (Å²) in [4.78, 5) is 25.4. The first-order chi connectivity index (χ1) is 12.2. The number of benzene rings is 1. The molecule has 0 aliphatic carbocycles. The van der Waals surface area contributed by atoms with Gasteiger partial charge in [0.2, 0.25) is 0 Å². The van der Waals surface area contributed by atoms with Gasteiger partial charge in [0.15, 0.2) is 5.82 Å². The van der Waals surface area contributed by atoms with Gasteiger partial charge in [-0.1, -0.05) is 24.3 Å². The first-order valence-corrected chi connectivity index (χ1v) is 7.73. The number of nitrogens with one attached hydrogen (secondary N) is 1. The van der Waals surface area contributed by atoms with E-state index in [0.717, 1.165) is 10.9 Å². The van der Waals surface area contributed by atoms with Crippen LogP contribution in [0, 0.1) is 0 Å². The summed E-state index contributed by atoms with van der Waals surface area (Å²) in [7, 11) is 0. The highest BCUT2D eigenvalue weighted by Crippen LogP contribution is 2.16. The molecule has 0 saturated heterocycles. The van der Waals surface area contributed by atoms with Crippen LogP contribution in [-0.2, 0) is 4.79 Å². The molecule has 124 valence electrons. The molecule has 0 atom stereocenters. The standard InChI is InChI=1S/C19H17N5O/c1-13(22-17-8-4-5-11-21-17)15(12-20)19(25)24-18-10-9-14-6-2-3-7-16(14)23-18/h2-12H,20H2,1H3,(H,23,24,25)/b15-12+,22-13+. The largest absolute Gasteiger partial charge is 0.404 e. The Morgan fingerprint density at radius 1 is 1.12 bits per heavy atom. The lowest BCUT2D eigenvalue weighted by atomic mass is 10.1. The van der Waals surface area contributed by atoms with Crippen LogP contribution in [0.5, 0.6) is 0 Å². The second kappa shape index (κ2) is 7.35. The van der Waals surface area contributed by atoms with Crippen molar-refractivity contribution in [3.63, 3.8) is 0 Å². The maximum absolute atomic E-state index is 12.5. The van der Waals surface area contributed by atoms with E-state index in [0.29, 0.717) is 17.3 Å². The molecule has 0 unspecified atom stereocenters. The highest BCUT2D eigenvalue weighted by molar-refractivity contribution is 6.24. The average molecular weight is 331 g/mol. The van der Waals surface area contributed by atoms with Gasteiger partial charge in [-0.2, -0.15) is 0 Å². The molecule has 3 aromatic rings. The number of nitrogens with two attached hydrogens (primary N) is 1. The number of anilines is 1. The van der Waals surface area contributed by atoms with Crippen molar-refractivity contribution in [2.24, 2.45) is 10.7 Å². The number of carbonyl (C=O) groups is 1. The number of nitrogens with zero attached hydrogens (tertiary/aromatic N) is 3. The lowest BCUT2D eigenvalue weighted by Crippen LogP contribution is -2.21.